The molecular formula is C16H17N3O2. The number of nitrogens with zero attached hydrogens (tertiary/aromatic N) is 2. The van der Waals surface area contributed by atoms with Crippen LogP contribution in [0, 0.1) is 17.2 Å². The average molecular weight is 283 g/mol. The molecule has 0 atom stereocenters. The lowest BCUT2D eigenvalue weighted by molar-refractivity contribution is 0.260. The molecule has 5 heteroatoms. The van der Waals surface area contributed by atoms with Gasteiger partial charge in [0, 0.05) is 6.07 Å². The molecule has 0 aliphatic carbocycles. The Morgan fingerprint density at radius 3 is 2.81 bits per heavy atom. The summed E-state index contributed by atoms with van der Waals surface area (Å²) in [6.45, 7) is 4.62. The third kappa shape index (κ3) is 4.11. The molecule has 0 aliphatic rings. The number of nitrogens with two attached hydrogens (primary N) is 1. The van der Waals surface area contributed by atoms with E-state index in [-0.39, 0.29) is 0 Å². The highest BCUT2D eigenvalue weighted by Crippen LogP contribution is 2.26. The Bertz CT molecular complexity index is 663. The second-order valence-electron chi connectivity index (χ2n) is 4.99. The number of aromatic nitrogens is 1. The molecular weight excluding hydrogens is 266 g/mol. The van der Waals surface area contributed by atoms with Crippen molar-refractivity contribution >= 4 is 5.69 Å². The van der Waals surface area contributed by atoms with Gasteiger partial charge in [0.2, 0.25) is 11.8 Å². The first-order chi connectivity index (χ1) is 10.1. The van der Waals surface area contributed by atoms with E-state index >= 15 is 0 Å². The van der Waals surface area contributed by atoms with Crippen molar-refractivity contribution in [3.05, 3.63) is 42.0 Å². The summed E-state index contributed by atoms with van der Waals surface area (Å²) in [6, 6.07) is 12.3. The largest absolute Gasteiger partial charge is 0.476 e. The maximum absolute atomic E-state index is 8.87. The zero-order valence-electron chi connectivity index (χ0n) is 12.0. The molecule has 1 aromatic heterocycles. The molecule has 0 bridgehead atoms. The Morgan fingerprint density at radius 1 is 1.29 bits per heavy atom. The van der Waals surface area contributed by atoms with E-state index in [0.717, 1.165) is 0 Å². The summed E-state index contributed by atoms with van der Waals surface area (Å²) in [5.41, 5.74) is 6.82. The van der Waals surface area contributed by atoms with Gasteiger partial charge in [-0.1, -0.05) is 19.9 Å². The molecule has 0 spiro atoms. The molecule has 1 aromatic carbocycles. The molecule has 5 nitrogen and oxygen atoms in total. The Kier molecular flexibility index (Phi) is 4.62. The van der Waals surface area contributed by atoms with E-state index in [9.17, 15) is 0 Å². The summed E-state index contributed by atoms with van der Waals surface area (Å²) in [5.74, 6) is 1.65. The second-order valence-corrected chi connectivity index (χ2v) is 4.99. The molecule has 1 heterocycles. The molecule has 0 saturated carbocycles. The Labute approximate surface area is 123 Å². The van der Waals surface area contributed by atoms with E-state index in [1.54, 1.807) is 36.4 Å². The van der Waals surface area contributed by atoms with Crippen molar-refractivity contribution in [1.29, 1.82) is 5.26 Å². The van der Waals surface area contributed by atoms with Crippen LogP contribution in [0.15, 0.2) is 36.4 Å². The lowest BCUT2D eigenvalue weighted by Gasteiger charge is -2.11. The van der Waals surface area contributed by atoms with Crippen LogP contribution in [-0.2, 0) is 0 Å². The summed E-state index contributed by atoms with van der Waals surface area (Å²) >= 11 is 0. The minimum absolute atomic E-state index is 0.359. The van der Waals surface area contributed by atoms with Crippen molar-refractivity contribution in [1.82, 2.24) is 4.98 Å². The predicted molar refractivity (Wildman–Crippen MR) is 80.2 cm³/mol. The molecule has 0 saturated heterocycles. The summed E-state index contributed by atoms with van der Waals surface area (Å²) in [4.78, 5) is 4.24. The van der Waals surface area contributed by atoms with Crippen LogP contribution >= 0.6 is 0 Å². The van der Waals surface area contributed by atoms with Crippen molar-refractivity contribution < 1.29 is 9.47 Å². The molecule has 0 amide bonds. The van der Waals surface area contributed by atoms with Crippen LogP contribution in [0.2, 0.25) is 0 Å². The van der Waals surface area contributed by atoms with E-state index in [1.807, 2.05) is 13.8 Å². The van der Waals surface area contributed by atoms with Gasteiger partial charge in [0.1, 0.15) is 5.75 Å². The first-order valence-electron chi connectivity index (χ1n) is 6.66. The number of benzene rings is 1. The first kappa shape index (κ1) is 14.7. The van der Waals surface area contributed by atoms with Gasteiger partial charge in [-0.2, -0.15) is 10.2 Å². The fourth-order valence-corrected chi connectivity index (χ4v) is 1.60. The van der Waals surface area contributed by atoms with Gasteiger partial charge in [0.05, 0.1) is 23.9 Å². The number of anilines is 1. The van der Waals surface area contributed by atoms with Gasteiger partial charge >= 0.3 is 0 Å². The Balaban J connectivity index is 2.16. The smallest absolute Gasteiger partial charge is 0.240 e. The number of nitrogen functional groups attached to an aromatic ring is 1. The maximum atomic E-state index is 8.87. The quantitative estimate of drug-likeness (QED) is 0.909. The molecule has 0 radical (unpaired) electrons. The van der Waals surface area contributed by atoms with Crippen LogP contribution in [0.1, 0.15) is 19.4 Å². The Hall–Kier alpha value is -2.74. The summed E-state index contributed by atoms with van der Waals surface area (Å²) in [6.07, 6.45) is 0. The van der Waals surface area contributed by atoms with Crippen molar-refractivity contribution in [2.45, 2.75) is 13.8 Å². The van der Waals surface area contributed by atoms with E-state index in [4.69, 9.17) is 20.5 Å². The zero-order valence-corrected chi connectivity index (χ0v) is 12.0. The lowest BCUT2D eigenvalue weighted by Crippen LogP contribution is -2.07. The van der Waals surface area contributed by atoms with Gasteiger partial charge < -0.3 is 15.2 Å². The van der Waals surface area contributed by atoms with Crippen LogP contribution in [0.25, 0.3) is 0 Å². The monoisotopic (exact) mass is 283 g/mol. The SMILES string of the molecule is CC(C)COc1nc(Oc2cccc(C#N)c2)ccc1N. The zero-order chi connectivity index (χ0) is 15.2. The lowest BCUT2D eigenvalue weighted by atomic mass is 10.2. The predicted octanol–water partition coefficient (Wildman–Crippen LogP) is 3.36. The molecule has 21 heavy (non-hydrogen) atoms. The molecule has 0 unspecified atom stereocenters. The van der Waals surface area contributed by atoms with Gasteiger partial charge in [0.15, 0.2) is 0 Å². The standard InChI is InChI=1S/C16H17N3O2/c1-11(2)10-20-16-14(18)6-7-15(19-16)21-13-5-3-4-12(8-13)9-17/h3-8,11H,10,18H2,1-2H3. The fourth-order valence-electron chi connectivity index (χ4n) is 1.60. The molecule has 0 aliphatic heterocycles. The molecule has 0 fully saturated rings. The van der Waals surface area contributed by atoms with Crippen molar-refractivity contribution in [2.24, 2.45) is 5.92 Å². The van der Waals surface area contributed by atoms with Crippen molar-refractivity contribution in [2.75, 3.05) is 12.3 Å². The summed E-state index contributed by atoms with van der Waals surface area (Å²) < 4.78 is 11.2. The van der Waals surface area contributed by atoms with E-state index in [2.05, 4.69) is 11.1 Å². The average Bonchev–Trinajstić information content (AvgIpc) is 2.48. The minimum Gasteiger partial charge on any atom is -0.476 e. The number of pyridine rings is 1. The van der Waals surface area contributed by atoms with Crippen LogP contribution in [0.5, 0.6) is 17.5 Å². The number of ether oxygens (including phenoxy) is 2. The number of nitriles is 1. The van der Waals surface area contributed by atoms with Crippen LogP contribution in [0.3, 0.4) is 0 Å². The van der Waals surface area contributed by atoms with Crippen molar-refractivity contribution in [3.8, 4) is 23.6 Å². The van der Waals surface area contributed by atoms with Gasteiger partial charge in [0.25, 0.3) is 0 Å². The summed E-state index contributed by atoms with van der Waals surface area (Å²) in [7, 11) is 0. The third-order valence-corrected chi connectivity index (χ3v) is 2.60. The second kappa shape index (κ2) is 6.62. The van der Waals surface area contributed by atoms with E-state index < -0.39 is 0 Å². The van der Waals surface area contributed by atoms with Gasteiger partial charge in [-0.3, -0.25) is 0 Å². The number of hydrogen-bond donors (Lipinski definition) is 1. The third-order valence-electron chi connectivity index (χ3n) is 2.60. The van der Waals surface area contributed by atoms with Crippen LogP contribution < -0.4 is 15.2 Å². The molecule has 2 rings (SSSR count). The van der Waals surface area contributed by atoms with E-state index in [0.29, 0.717) is 41.3 Å². The van der Waals surface area contributed by atoms with Crippen LogP contribution in [0.4, 0.5) is 5.69 Å². The van der Waals surface area contributed by atoms with Crippen LogP contribution in [-0.4, -0.2) is 11.6 Å². The number of hydrogen-bond acceptors (Lipinski definition) is 5. The van der Waals surface area contributed by atoms with Crippen molar-refractivity contribution in [3.63, 3.8) is 0 Å². The molecule has 2 aromatic rings. The highest BCUT2D eigenvalue weighted by molar-refractivity contribution is 5.50. The fraction of sp³-hybridized carbons (Fsp3) is 0.250. The maximum Gasteiger partial charge on any atom is 0.240 e. The highest BCUT2D eigenvalue weighted by Gasteiger charge is 2.07. The highest BCUT2D eigenvalue weighted by atomic mass is 16.5. The van der Waals surface area contributed by atoms with Gasteiger partial charge in [-0.25, -0.2) is 0 Å². The minimum atomic E-state index is 0.359. The normalized spacial score (nSPS) is 10.2. The van der Waals surface area contributed by atoms with E-state index in [1.165, 1.54) is 0 Å². The van der Waals surface area contributed by atoms with Gasteiger partial charge in [-0.05, 0) is 30.2 Å². The Morgan fingerprint density at radius 2 is 2.10 bits per heavy atom. The summed E-state index contributed by atoms with van der Waals surface area (Å²) in [5, 5.41) is 8.87. The number of rotatable bonds is 5. The van der Waals surface area contributed by atoms with Gasteiger partial charge in [-0.15, -0.1) is 0 Å². The topological polar surface area (TPSA) is 81.2 Å². The first-order valence-corrected chi connectivity index (χ1v) is 6.66. The molecule has 2 N–H and O–H groups in total. The molecule has 108 valence electrons.